The molecule has 1 rings (SSSR count). The minimum atomic E-state index is -0.682. The summed E-state index contributed by atoms with van der Waals surface area (Å²) in [6, 6.07) is -0.650. The molecule has 1 unspecified atom stereocenters. The molecule has 15 heavy (non-hydrogen) atoms. The summed E-state index contributed by atoms with van der Waals surface area (Å²) in [5, 5.41) is 0. The van der Waals surface area contributed by atoms with Crippen LogP contribution in [0, 0.1) is 0 Å². The normalized spacial score (nSPS) is 22.6. The van der Waals surface area contributed by atoms with Crippen LogP contribution in [0.15, 0.2) is 0 Å². The van der Waals surface area contributed by atoms with E-state index in [-0.39, 0.29) is 12.5 Å². The molecule has 1 fully saturated rings. The fraction of sp³-hybridized carbons (Fsp3) is 0.778. The quantitative estimate of drug-likeness (QED) is 0.716. The molecule has 1 heterocycles. The maximum atomic E-state index is 12.0. The van der Waals surface area contributed by atoms with Gasteiger partial charge in [0.05, 0.1) is 17.5 Å². The van der Waals surface area contributed by atoms with Gasteiger partial charge in [-0.1, -0.05) is 15.9 Å². The predicted molar refractivity (Wildman–Crippen MR) is 58.5 cm³/mol. The van der Waals surface area contributed by atoms with E-state index in [0.717, 1.165) is 0 Å². The lowest BCUT2D eigenvalue weighted by molar-refractivity contribution is -0.148. The molecule has 0 aliphatic carbocycles. The van der Waals surface area contributed by atoms with Crippen molar-refractivity contribution in [2.24, 2.45) is 5.73 Å². The van der Waals surface area contributed by atoms with E-state index >= 15 is 0 Å². The molecule has 0 radical (unpaired) electrons. The highest BCUT2D eigenvalue weighted by molar-refractivity contribution is 9.10. The van der Waals surface area contributed by atoms with Crippen LogP contribution in [0.4, 0.5) is 0 Å². The second-order valence-corrected chi connectivity index (χ2v) is 5.95. The van der Waals surface area contributed by atoms with Gasteiger partial charge < -0.3 is 15.4 Å². The first kappa shape index (κ1) is 12.4. The molecule has 1 aliphatic heterocycles. The number of morpholine rings is 1. The molecule has 0 bridgehead atoms. The molecule has 5 nitrogen and oxygen atoms in total. The zero-order valence-electron chi connectivity index (χ0n) is 8.83. The fourth-order valence-corrected chi connectivity index (χ4v) is 1.65. The van der Waals surface area contributed by atoms with Crippen molar-refractivity contribution in [3.8, 4) is 0 Å². The topological polar surface area (TPSA) is 72.6 Å². The average Bonchev–Trinajstić information content (AvgIpc) is 2.15. The van der Waals surface area contributed by atoms with Gasteiger partial charge in [-0.05, 0) is 13.8 Å². The van der Waals surface area contributed by atoms with E-state index in [1.165, 1.54) is 4.90 Å². The largest absolute Gasteiger partial charge is 0.377 e. The third kappa shape index (κ3) is 2.92. The number of hydrogen-bond donors (Lipinski definition) is 1. The van der Waals surface area contributed by atoms with E-state index in [2.05, 4.69) is 15.9 Å². The Labute approximate surface area is 97.1 Å². The van der Waals surface area contributed by atoms with Gasteiger partial charge >= 0.3 is 0 Å². The number of carbonyl (C=O) groups is 2. The summed E-state index contributed by atoms with van der Waals surface area (Å²) in [4.78, 5) is 24.6. The van der Waals surface area contributed by atoms with E-state index in [9.17, 15) is 9.59 Å². The molecule has 1 saturated heterocycles. The number of ether oxygens (including phenoxy) is 1. The number of primary amides is 1. The number of rotatable bonds is 2. The summed E-state index contributed by atoms with van der Waals surface area (Å²) >= 11 is 3.27. The lowest BCUT2D eigenvalue weighted by Gasteiger charge is -2.36. The zero-order valence-corrected chi connectivity index (χ0v) is 10.4. The van der Waals surface area contributed by atoms with E-state index in [4.69, 9.17) is 10.5 Å². The van der Waals surface area contributed by atoms with Crippen LogP contribution < -0.4 is 5.73 Å². The molecule has 0 saturated carbocycles. The first-order chi connectivity index (χ1) is 6.84. The van der Waals surface area contributed by atoms with Gasteiger partial charge in [-0.25, -0.2) is 0 Å². The highest BCUT2D eigenvalue weighted by Gasteiger charge is 2.37. The first-order valence-corrected chi connectivity index (χ1v) is 5.50. The van der Waals surface area contributed by atoms with Crippen LogP contribution in [0.2, 0.25) is 0 Å². The van der Waals surface area contributed by atoms with Crippen molar-refractivity contribution in [3.05, 3.63) is 0 Å². The Morgan fingerprint density at radius 2 is 2.13 bits per heavy atom. The van der Waals surface area contributed by atoms with E-state index in [1.807, 2.05) is 0 Å². The van der Waals surface area contributed by atoms with Crippen LogP contribution in [-0.2, 0) is 14.3 Å². The maximum Gasteiger partial charge on any atom is 0.242 e. The number of nitrogens with two attached hydrogens (primary N) is 1. The number of nitrogens with zero attached hydrogens (tertiary/aromatic N) is 1. The van der Waals surface area contributed by atoms with Crippen LogP contribution in [0.1, 0.15) is 13.8 Å². The Hall–Kier alpha value is -0.620. The minimum absolute atomic E-state index is 0.144. The van der Waals surface area contributed by atoms with Crippen molar-refractivity contribution in [1.82, 2.24) is 4.90 Å². The van der Waals surface area contributed by atoms with Gasteiger partial charge in [0.25, 0.3) is 0 Å². The molecule has 0 aromatic rings. The van der Waals surface area contributed by atoms with Crippen LogP contribution in [0.3, 0.4) is 0 Å². The third-order valence-electron chi connectivity index (χ3n) is 2.23. The molecule has 0 aromatic carbocycles. The van der Waals surface area contributed by atoms with E-state index in [1.54, 1.807) is 13.8 Å². The second-order valence-electron chi connectivity index (χ2n) is 3.96. The monoisotopic (exact) mass is 278 g/mol. The maximum absolute atomic E-state index is 12.0. The highest BCUT2D eigenvalue weighted by Crippen LogP contribution is 2.21. The van der Waals surface area contributed by atoms with E-state index < -0.39 is 16.3 Å². The van der Waals surface area contributed by atoms with Crippen molar-refractivity contribution < 1.29 is 14.3 Å². The van der Waals surface area contributed by atoms with Crippen molar-refractivity contribution >= 4 is 27.7 Å². The van der Waals surface area contributed by atoms with Gasteiger partial charge in [-0.3, -0.25) is 9.59 Å². The fourth-order valence-electron chi connectivity index (χ4n) is 1.42. The summed E-state index contributed by atoms with van der Waals surface area (Å²) in [5.74, 6) is -0.672. The van der Waals surface area contributed by atoms with Gasteiger partial charge in [0.1, 0.15) is 6.04 Å². The Kier molecular flexibility index (Phi) is 3.72. The minimum Gasteiger partial charge on any atom is -0.377 e. The number of halogens is 1. The van der Waals surface area contributed by atoms with Crippen LogP contribution >= 0.6 is 15.9 Å². The number of amides is 2. The van der Waals surface area contributed by atoms with Crippen molar-refractivity contribution in [2.75, 3.05) is 19.8 Å². The van der Waals surface area contributed by atoms with Gasteiger partial charge in [0.15, 0.2) is 0 Å². The lowest BCUT2D eigenvalue weighted by atomic mass is 10.1. The molecular formula is C9H15BrN2O3. The number of carbonyl (C=O) groups excluding carboxylic acids is 2. The summed E-state index contributed by atoms with van der Waals surface area (Å²) in [7, 11) is 0. The number of alkyl halides is 1. The summed E-state index contributed by atoms with van der Waals surface area (Å²) < 4.78 is 4.44. The highest BCUT2D eigenvalue weighted by atomic mass is 79.9. The van der Waals surface area contributed by atoms with E-state index in [0.29, 0.717) is 13.2 Å². The van der Waals surface area contributed by atoms with Crippen LogP contribution in [0.25, 0.3) is 0 Å². The summed E-state index contributed by atoms with van der Waals surface area (Å²) in [5.41, 5.74) is 5.21. The smallest absolute Gasteiger partial charge is 0.242 e. The van der Waals surface area contributed by atoms with Crippen molar-refractivity contribution in [2.45, 2.75) is 24.2 Å². The summed E-state index contributed by atoms with van der Waals surface area (Å²) in [6.45, 7) is 4.51. The molecule has 1 aliphatic rings. The number of hydrogen-bond acceptors (Lipinski definition) is 3. The Bertz CT molecular complexity index is 275. The van der Waals surface area contributed by atoms with Gasteiger partial charge in [0, 0.05) is 6.54 Å². The van der Waals surface area contributed by atoms with Gasteiger partial charge in [0.2, 0.25) is 11.8 Å². The standard InChI is InChI=1S/C9H15BrN2O3/c1-9(2,10)8(14)12-3-4-15-5-6(12)7(11)13/h6H,3-5H2,1-2H3,(H2,11,13). The lowest BCUT2D eigenvalue weighted by Crippen LogP contribution is -2.58. The molecule has 2 amide bonds. The molecule has 0 aromatic heterocycles. The average molecular weight is 279 g/mol. The Morgan fingerprint density at radius 1 is 1.53 bits per heavy atom. The summed E-state index contributed by atoms with van der Waals surface area (Å²) in [6.07, 6.45) is 0. The zero-order chi connectivity index (χ0) is 11.6. The molecule has 86 valence electrons. The molecule has 2 N–H and O–H groups in total. The SMILES string of the molecule is CC(C)(Br)C(=O)N1CCOCC1C(N)=O. The van der Waals surface area contributed by atoms with Gasteiger partial charge in [-0.15, -0.1) is 0 Å². The predicted octanol–water partition coefficient (Wildman–Crippen LogP) is -0.127. The molecule has 0 spiro atoms. The molecule has 6 heteroatoms. The van der Waals surface area contributed by atoms with Gasteiger partial charge in [-0.2, -0.15) is 0 Å². The first-order valence-electron chi connectivity index (χ1n) is 4.71. The van der Waals surface area contributed by atoms with Crippen LogP contribution in [-0.4, -0.2) is 46.8 Å². The second kappa shape index (κ2) is 4.49. The molecule has 1 atom stereocenters. The van der Waals surface area contributed by atoms with Crippen LogP contribution in [0.5, 0.6) is 0 Å². The third-order valence-corrected chi connectivity index (χ3v) is 2.57. The molecular weight excluding hydrogens is 264 g/mol. The van der Waals surface area contributed by atoms with Crippen molar-refractivity contribution in [3.63, 3.8) is 0 Å². The van der Waals surface area contributed by atoms with Crippen molar-refractivity contribution in [1.29, 1.82) is 0 Å². The Morgan fingerprint density at radius 3 is 2.60 bits per heavy atom. The Balaban J connectivity index is 2.81.